The maximum Gasteiger partial charge on any atom is 0.154 e. The van der Waals surface area contributed by atoms with Crippen LogP contribution in [0.4, 0.5) is 0 Å². The topological polar surface area (TPSA) is 60.2 Å². The normalized spacial score (nSPS) is 26.9. The molecule has 6 heteroatoms. The van der Waals surface area contributed by atoms with Gasteiger partial charge in [-0.2, -0.15) is 0 Å². The second-order valence-corrected chi connectivity index (χ2v) is 8.26. The van der Waals surface area contributed by atoms with Gasteiger partial charge in [-0.3, -0.25) is 0 Å². The predicted molar refractivity (Wildman–Crippen MR) is 80.4 cm³/mol. The van der Waals surface area contributed by atoms with Crippen molar-refractivity contribution in [3.05, 3.63) is 34.3 Å². The third kappa shape index (κ3) is 2.46. The third-order valence-electron chi connectivity index (χ3n) is 3.35. The van der Waals surface area contributed by atoms with Gasteiger partial charge in [0.05, 0.1) is 10.2 Å². The van der Waals surface area contributed by atoms with Crippen molar-refractivity contribution in [3.63, 3.8) is 0 Å². The molecule has 1 saturated carbocycles. The van der Waals surface area contributed by atoms with E-state index in [0.717, 1.165) is 10.0 Å². The molecule has 0 aromatic heterocycles. The number of benzene rings is 1. The molecule has 0 saturated heterocycles. The molecule has 3 nitrogen and oxygen atoms in total. The zero-order valence-corrected chi connectivity index (χ0v) is 13.1. The van der Waals surface area contributed by atoms with Gasteiger partial charge in [0.2, 0.25) is 0 Å². The summed E-state index contributed by atoms with van der Waals surface area (Å²) >= 11 is 8.34. The summed E-state index contributed by atoms with van der Waals surface area (Å²) in [5.74, 6) is -0.171. The molecule has 1 aliphatic carbocycles. The van der Waals surface area contributed by atoms with Crippen LogP contribution in [-0.2, 0) is 9.84 Å². The molecule has 0 radical (unpaired) electrons. The van der Waals surface area contributed by atoms with Crippen molar-refractivity contribution in [1.29, 1.82) is 0 Å². The van der Waals surface area contributed by atoms with Crippen LogP contribution in [0.5, 0.6) is 0 Å². The Kier molecular flexibility index (Phi) is 3.80. The lowest BCUT2D eigenvalue weighted by atomic mass is 10.1. The smallest absolute Gasteiger partial charge is 0.154 e. The number of nitrogens with two attached hydrogens (primary N) is 1. The SMILES string of the molecule is CCS(=O)(=O)[C@@H]1[C@@H](C(N)=S)[C@@H]1c1ccc(Br)cc1. The molecule has 2 N–H and O–H groups in total. The monoisotopic (exact) mass is 347 g/mol. The van der Waals surface area contributed by atoms with E-state index in [1.54, 1.807) is 6.92 Å². The number of thiocarbonyl (C=S) groups is 1. The molecule has 0 bridgehead atoms. The summed E-state index contributed by atoms with van der Waals surface area (Å²) in [7, 11) is -3.11. The summed E-state index contributed by atoms with van der Waals surface area (Å²) in [6.45, 7) is 1.66. The Morgan fingerprint density at radius 2 is 1.94 bits per heavy atom. The van der Waals surface area contributed by atoms with Crippen molar-refractivity contribution in [3.8, 4) is 0 Å². The molecule has 0 aliphatic heterocycles. The number of hydrogen-bond donors (Lipinski definition) is 1. The van der Waals surface area contributed by atoms with E-state index in [1.165, 1.54) is 0 Å². The first-order valence-corrected chi connectivity index (χ1v) is 8.56. The zero-order chi connectivity index (χ0) is 13.5. The van der Waals surface area contributed by atoms with E-state index < -0.39 is 15.1 Å². The number of rotatable bonds is 4. The molecule has 98 valence electrons. The van der Waals surface area contributed by atoms with Crippen LogP contribution in [0.15, 0.2) is 28.7 Å². The first kappa shape index (κ1) is 14.0. The van der Waals surface area contributed by atoms with Gasteiger partial charge in [-0.1, -0.05) is 47.2 Å². The lowest BCUT2D eigenvalue weighted by Gasteiger charge is -2.00. The van der Waals surface area contributed by atoms with E-state index in [4.69, 9.17) is 18.0 Å². The van der Waals surface area contributed by atoms with E-state index in [0.29, 0.717) is 4.99 Å². The van der Waals surface area contributed by atoms with Crippen LogP contribution in [0.1, 0.15) is 18.4 Å². The largest absolute Gasteiger partial charge is 0.393 e. The minimum absolute atomic E-state index is 0.0828. The predicted octanol–water partition coefficient (Wildman–Crippen LogP) is 2.25. The molecule has 0 spiro atoms. The van der Waals surface area contributed by atoms with Crippen molar-refractivity contribution in [1.82, 2.24) is 0 Å². The van der Waals surface area contributed by atoms with Crippen LogP contribution >= 0.6 is 28.1 Å². The van der Waals surface area contributed by atoms with Crippen LogP contribution in [0.2, 0.25) is 0 Å². The van der Waals surface area contributed by atoms with Gasteiger partial charge < -0.3 is 5.73 Å². The number of hydrogen-bond acceptors (Lipinski definition) is 3. The average Bonchev–Trinajstić information content (AvgIpc) is 3.06. The third-order valence-corrected chi connectivity index (χ3v) is 6.38. The van der Waals surface area contributed by atoms with Gasteiger partial charge in [0.1, 0.15) is 0 Å². The number of sulfone groups is 1. The van der Waals surface area contributed by atoms with Crippen molar-refractivity contribution in [2.75, 3.05) is 5.75 Å². The minimum Gasteiger partial charge on any atom is -0.393 e. The van der Waals surface area contributed by atoms with E-state index in [1.807, 2.05) is 24.3 Å². The van der Waals surface area contributed by atoms with Gasteiger partial charge in [-0.05, 0) is 17.7 Å². The lowest BCUT2D eigenvalue weighted by molar-refractivity contribution is 0.594. The summed E-state index contributed by atoms with van der Waals surface area (Å²) in [5.41, 5.74) is 6.64. The Labute approximate surface area is 121 Å². The second kappa shape index (κ2) is 4.90. The van der Waals surface area contributed by atoms with Crippen molar-refractivity contribution >= 4 is 43.0 Å². The van der Waals surface area contributed by atoms with E-state index in [9.17, 15) is 8.42 Å². The molecule has 1 aliphatic rings. The fourth-order valence-corrected chi connectivity index (χ4v) is 4.82. The van der Waals surface area contributed by atoms with Gasteiger partial charge in [0, 0.05) is 22.1 Å². The molecule has 2 rings (SSSR count). The molecule has 18 heavy (non-hydrogen) atoms. The van der Waals surface area contributed by atoms with E-state index in [-0.39, 0.29) is 17.6 Å². The summed E-state index contributed by atoms with van der Waals surface area (Å²) in [6, 6.07) is 7.65. The van der Waals surface area contributed by atoms with Gasteiger partial charge in [-0.25, -0.2) is 8.42 Å². The molecule has 0 heterocycles. The summed E-state index contributed by atoms with van der Waals surface area (Å²) < 4.78 is 25.0. The first-order chi connectivity index (χ1) is 8.38. The summed E-state index contributed by atoms with van der Waals surface area (Å²) in [4.78, 5) is 0.296. The Hall–Kier alpha value is -0.460. The highest BCUT2D eigenvalue weighted by Crippen LogP contribution is 2.52. The highest BCUT2D eigenvalue weighted by molar-refractivity contribution is 9.10. The highest BCUT2D eigenvalue weighted by atomic mass is 79.9. The molecule has 3 atom stereocenters. The van der Waals surface area contributed by atoms with Crippen molar-refractivity contribution in [2.24, 2.45) is 11.7 Å². The van der Waals surface area contributed by atoms with Crippen LogP contribution < -0.4 is 5.73 Å². The first-order valence-electron chi connectivity index (χ1n) is 5.65. The lowest BCUT2D eigenvalue weighted by Crippen LogP contribution is -2.18. The Morgan fingerprint density at radius 3 is 2.39 bits per heavy atom. The van der Waals surface area contributed by atoms with Gasteiger partial charge >= 0.3 is 0 Å². The summed E-state index contributed by atoms with van der Waals surface area (Å²) in [5, 5.41) is -0.443. The Bertz CT molecular complexity index is 568. The molecule has 1 aromatic rings. The van der Waals surface area contributed by atoms with E-state index >= 15 is 0 Å². The molecular weight excluding hydrogens is 334 g/mol. The number of halogens is 1. The Balaban J connectivity index is 2.33. The van der Waals surface area contributed by atoms with Gasteiger partial charge in [0.15, 0.2) is 9.84 Å². The van der Waals surface area contributed by atoms with Crippen molar-refractivity contribution < 1.29 is 8.42 Å². The van der Waals surface area contributed by atoms with Crippen LogP contribution in [0.25, 0.3) is 0 Å². The molecule has 0 amide bonds. The molecular formula is C12H14BrNO2S2. The highest BCUT2D eigenvalue weighted by Gasteiger charge is 2.59. The maximum atomic E-state index is 12.0. The minimum atomic E-state index is -3.11. The van der Waals surface area contributed by atoms with Crippen LogP contribution in [0.3, 0.4) is 0 Å². The van der Waals surface area contributed by atoms with Crippen LogP contribution in [0, 0.1) is 5.92 Å². The van der Waals surface area contributed by atoms with Gasteiger partial charge in [0.25, 0.3) is 0 Å². The van der Waals surface area contributed by atoms with Crippen LogP contribution in [-0.4, -0.2) is 24.4 Å². The second-order valence-electron chi connectivity index (χ2n) is 4.42. The average molecular weight is 348 g/mol. The molecule has 0 unspecified atom stereocenters. The Morgan fingerprint density at radius 1 is 1.39 bits per heavy atom. The summed E-state index contributed by atoms with van der Waals surface area (Å²) in [6.07, 6.45) is 0. The van der Waals surface area contributed by atoms with E-state index in [2.05, 4.69) is 15.9 Å². The fourth-order valence-electron chi connectivity index (χ4n) is 2.34. The standard InChI is InChI=1S/C12H14BrNO2S2/c1-2-18(15,16)11-9(10(11)12(14)17)7-3-5-8(13)6-4-7/h3-6,9-11H,2H2,1H3,(H2,14,17)/t9-,10-,11-/m0/s1. The van der Waals surface area contributed by atoms with Gasteiger partial charge in [-0.15, -0.1) is 0 Å². The molecule has 1 aromatic carbocycles. The fraction of sp³-hybridized carbons (Fsp3) is 0.417. The molecule has 1 fully saturated rings. The maximum absolute atomic E-state index is 12.0. The quantitative estimate of drug-likeness (QED) is 0.848. The van der Waals surface area contributed by atoms with Crippen molar-refractivity contribution in [2.45, 2.75) is 18.1 Å². The zero-order valence-electron chi connectivity index (χ0n) is 9.84.